The van der Waals surface area contributed by atoms with Crippen molar-refractivity contribution >= 4 is 22.7 Å². The zero-order valence-corrected chi connectivity index (χ0v) is 32.9. The second-order valence-corrected chi connectivity index (χ2v) is 11.3. The topological polar surface area (TPSA) is 36.8 Å². The summed E-state index contributed by atoms with van der Waals surface area (Å²) in [6, 6.07) is 60.8. The second kappa shape index (κ2) is 18.8. The van der Waals surface area contributed by atoms with Gasteiger partial charge in [0.05, 0.1) is 0 Å². The first-order chi connectivity index (χ1) is 25.1. The van der Waals surface area contributed by atoms with Gasteiger partial charge in [-0.1, -0.05) is 47.5 Å². The van der Waals surface area contributed by atoms with E-state index in [9.17, 15) is 0 Å². The van der Waals surface area contributed by atoms with Crippen molar-refractivity contribution in [3.63, 3.8) is 0 Å². The van der Waals surface area contributed by atoms with Crippen LogP contribution in [0, 0.1) is 49.5 Å². The van der Waals surface area contributed by atoms with Crippen molar-refractivity contribution in [2.75, 3.05) is 16.8 Å². The standard InChI is InChI=1S/C39H26N4O.C6H4N.2Pt/c1-41-23-24-42(29-41)35-17-10-20-38(28-35)44-37-19-9-12-32(26-37)39-27-31(21-22-40-39)30-11-8-18-36(25-30)43(33-13-4-2-5-14-33)34-15-6-3-7-16-34;1-2-7-5-3-4-6-7;;/h2-15,17-20,22-24,27,29H,1H3;3-6H;;/q-6;-1;;+4. The number of pyridine rings is 1. The monoisotopic (exact) mass is 1050 g/mol. The average Bonchev–Trinajstić information content (AvgIpc) is 3.89. The third-order valence-electron chi connectivity index (χ3n) is 7.76. The van der Waals surface area contributed by atoms with Crippen LogP contribution in [0.2, 0.25) is 0 Å². The number of benzene rings is 5. The summed E-state index contributed by atoms with van der Waals surface area (Å²) in [5.74, 6) is 1.18. The summed E-state index contributed by atoms with van der Waals surface area (Å²) >= 11 is 0. The van der Waals surface area contributed by atoms with Crippen molar-refractivity contribution in [2.24, 2.45) is 0 Å². The van der Waals surface area contributed by atoms with Gasteiger partial charge in [-0.15, -0.1) is 59.8 Å². The normalized spacial score (nSPS) is 11.3. The molecule has 0 radical (unpaired) electrons. The Morgan fingerprint density at radius 1 is 0.717 bits per heavy atom. The number of aromatic nitrogens is 2. The Morgan fingerprint density at radius 2 is 1.43 bits per heavy atom. The molecule has 2 aromatic heterocycles. The van der Waals surface area contributed by atoms with Gasteiger partial charge in [-0.25, -0.2) is 24.2 Å². The molecule has 0 amide bonds. The van der Waals surface area contributed by atoms with E-state index in [1.165, 1.54) is 0 Å². The fourth-order valence-electron chi connectivity index (χ4n) is 5.37. The Morgan fingerprint density at radius 3 is 2.15 bits per heavy atom. The average molecular weight is 1050 g/mol. The number of hydrogen-bond acceptors (Lipinski definition) is 5. The van der Waals surface area contributed by atoms with Gasteiger partial charge >= 0.3 is 21.1 Å². The second-order valence-electron chi connectivity index (χ2n) is 11.3. The van der Waals surface area contributed by atoms with Crippen molar-refractivity contribution in [1.29, 1.82) is 0 Å². The Hall–Kier alpha value is -5.59. The summed E-state index contributed by atoms with van der Waals surface area (Å²) in [6.07, 6.45) is 15.7. The molecule has 1 aliphatic rings. The molecular weight excluding hydrogens is 1020 g/mol. The molecule has 0 aliphatic carbocycles. The van der Waals surface area contributed by atoms with E-state index in [2.05, 4.69) is 64.5 Å². The first-order valence-corrected chi connectivity index (χ1v) is 16.2. The van der Waals surface area contributed by atoms with E-state index < -0.39 is 0 Å². The van der Waals surface area contributed by atoms with Crippen molar-refractivity contribution in [1.82, 2.24) is 14.5 Å². The molecule has 0 saturated heterocycles. The fourth-order valence-corrected chi connectivity index (χ4v) is 5.37. The molecular formula is C45H30N5OPt2-3. The largest absolute Gasteiger partial charge is 4.00 e. The van der Waals surface area contributed by atoms with E-state index in [0.29, 0.717) is 11.5 Å². The van der Waals surface area contributed by atoms with Crippen LogP contribution < -0.4 is 14.5 Å². The van der Waals surface area contributed by atoms with Gasteiger partial charge in [-0.2, -0.15) is 49.1 Å². The van der Waals surface area contributed by atoms with Crippen molar-refractivity contribution in [3.05, 3.63) is 202 Å². The third-order valence-corrected chi connectivity index (χ3v) is 7.76. The van der Waals surface area contributed by atoms with Gasteiger partial charge in [0.25, 0.3) is 0 Å². The molecule has 0 atom stereocenters. The number of nitrogens with zero attached hydrogens (tertiary/aromatic N) is 5. The van der Waals surface area contributed by atoms with Crippen LogP contribution in [0.4, 0.5) is 22.7 Å². The minimum atomic E-state index is 0. The SMILES string of the molecule is CN1C=CN(c2[c-]c(Oc3[c-]c(-c4cc(-c5[c-]c(N(c6[c-]cccc6)c6ccccc6)ccc5)[c-]cn4)ccc3)ccc2)[CH-]1.[C-]#Cn1cccc1.[Pt+4].[Pt]. The smallest absolute Gasteiger partial charge is 0.669 e. The van der Waals surface area contributed by atoms with E-state index in [0.717, 1.165) is 45.1 Å². The predicted octanol–water partition coefficient (Wildman–Crippen LogP) is 9.90. The molecule has 8 heteroatoms. The summed E-state index contributed by atoms with van der Waals surface area (Å²) < 4.78 is 7.71. The van der Waals surface area contributed by atoms with E-state index >= 15 is 0 Å². The molecule has 8 rings (SSSR count). The number of anilines is 4. The maximum atomic E-state index is 6.57. The molecule has 264 valence electrons. The summed E-state index contributed by atoms with van der Waals surface area (Å²) in [7, 11) is 1.98. The van der Waals surface area contributed by atoms with Crippen molar-refractivity contribution in [3.8, 4) is 39.9 Å². The molecule has 3 heterocycles. The Labute approximate surface area is 340 Å². The zero-order valence-electron chi connectivity index (χ0n) is 28.4. The summed E-state index contributed by atoms with van der Waals surface area (Å²) in [5.41, 5.74) is 7.10. The maximum absolute atomic E-state index is 6.57. The van der Waals surface area contributed by atoms with Gasteiger partial charge in [-0.3, -0.25) is 11.1 Å². The molecule has 53 heavy (non-hydrogen) atoms. The van der Waals surface area contributed by atoms with Gasteiger partial charge in [0, 0.05) is 50.6 Å². The van der Waals surface area contributed by atoms with Crippen LogP contribution in [0.5, 0.6) is 11.5 Å². The Kier molecular flexibility index (Phi) is 13.7. The van der Waals surface area contributed by atoms with Crippen LogP contribution in [0.25, 0.3) is 22.4 Å². The maximum Gasteiger partial charge on any atom is 4.00 e. The van der Waals surface area contributed by atoms with Gasteiger partial charge in [0.1, 0.15) is 0 Å². The number of hydrogen-bond donors (Lipinski definition) is 0. The first-order valence-electron chi connectivity index (χ1n) is 16.2. The van der Waals surface area contributed by atoms with E-state index in [1.807, 2.05) is 145 Å². The van der Waals surface area contributed by atoms with E-state index in [-0.39, 0.29) is 42.1 Å². The number of ether oxygens (including phenoxy) is 1. The first kappa shape index (κ1) is 38.6. The molecule has 0 unspecified atom stereocenters. The van der Waals surface area contributed by atoms with E-state index in [1.54, 1.807) is 23.2 Å². The van der Waals surface area contributed by atoms with Crippen molar-refractivity contribution in [2.45, 2.75) is 0 Å². The molecule has 0 saturated carbocycles. The van der Waals surface area contributed by atoms with Crippen LogP contribution in [0.1, 0.15) is 0 Å². The van der Waals surface area contributed by atoms with Crippen molar-refractivity contribution < 1.29 is 46.9 Å². The number of rotatable bonds is 8. The van der Waals surface area contributed by atoms with Crippen LogP contribution >= 0.6 is 0 Å². The number of para-hydroxylation sites is 2. The molecule has 5 aromatic carbocycles. The van der Waals surface area contributed by atoms with Crippen LogP contribution in [-0.4, -0.2) is 21.5 Å². The quantitative estimate of drug-likeness (QED) is 0.112. The Balaban J connectivity index is 0.000000542. The van der Waals surface area contributed by atoms with Gasteiger partial charge in [0.15, 0.2) is 0 Å². The molecule has 0 spiro atoms. The molecule has 0 fully saturated rings. The summed E-state index contributed by atoms with van der Waals surface area (Å²) in [5, 5.41) is 0. The van der Waals surface area contributed by atoms with Crippen LogP contribution in [-0.2, 0) is 42.1 Å². The third kappa shape index (κ3) is 9.85. The molecule has 0 N–H and O–H groups in total. The minimum Gasteiger partial charge on any atom is -0.669 e. The molecule has 6 nitrogen and oxygen atoms in total. The van der Waals surface area contributed by atoms with Gasteiger partial charge < -0.3 is 35.4 Å². The van der Waals surface area contributed by atoms with E-state index in [4.69, 9.17) is 11.2 Å². The van der Waals surface area contributed by atoms with Crippen LogP contribution in [0.3, 0.4) is 0 Å². The predicted molar refractivity (Wildman–Crippen MR) is 201 cm³/mol. The molecule has 7 aromatic rings. The summed E-state index contributed by atoms with van der Waals surface area (Å²) in [4.78, 5) is 10.7. The fraction of sp³-hybridized carbons (Fsp3) is 0.0222. The van der Waals surface area contributed by atoms with Gasteiger partial charge in [-0.05, 0) is 43.7 Å². The van der Waals surface area contributed by atoms with Gasteiger partial charge in [0.2, 0.25) is 0 Å². The summed E-state index contributed by atoms with van der Waals surface area (Å²) in [6.45, 7) is 1.98. The zero-order chi connectivity index (χ0) is 34.8. The molecule has 1 aliphatic heterocycles. The molecule has 0 bridgehead atoms. The Bertz CT molecular complexity index is 2230. The van der Waals surface area contributed by atoms with Crippen LogP contribution in [0.15, 0.2) is 158 Å². The minimum absolute atomic E-state index is 0.